The van der Waals surface area contributed by atoms with Crippen molar-refractivity contribution in [1.82, 2.24) is 0 Å². The third kappa shape index (κ3) is 27.2. The lowest BCUT2D eigenvalue weighted by atomic mass is 10.00. The Labute approximate surface area is 214 Å². The molecule has 0 aliphatic carbocycles. The van der Waals surface area contributed by atoms with Gasteiger partial charge in [-0.05, 0) is 50.9 Å². The van der Waals surface area contributed by atoms with E-state index in [1.165, 1.54) is 109 Å². The van der Waals surface area contributed by atoms with Gasteiger partial charge in [0.1, 0.15) is 0 Å². The second-order valence-electron chi connectivity index (χ2n) is 10.3. The van der Waals surface area contributed by atoms with Gasteiger partial charge in [0.2, 0.25) is 0 Å². The van der Waals surface area contributed by atoms with E-state index < -0.39 is 0 Å². The van der Waals surface area contributed by atoms with E-state index in [4.69, 9.17) is 4.74 Å². The molecule has 1 atom stereocenters. The molecular weight excluding hydrogens is 416 g/mol. The molecule has 34 heavy (non-hydrogen) atoms. The second-order valence-corrected chi connectivity index (χ2v) is 10.3. The van der Waals surface area contributed by atoms with Crippen molar-refractivity contribution >= 4 is 5.97 Å². The zero-order valence-electron chi connectivity index (χ0n) is 23.5. The predicted octanol–water partition coefficient (Wildman–Crippen LogP) is 10.9. The third-order valence-electron chi connectivity index (χ3n) is 6.88. The van der Waals surface area contributed by atoms with Crippen molar-refractivity contribution in [3.63, 3.8) is 0 Å². The van der Waals surface area contributed by atoms with E-state index in [0.29, 0.717) is 13.0 Å². The van der Waals surface area contributed by atoms with Crippen molar-refractivity contribution < 1.29 is 9.53 Å². The molecular formula is C32H60O2. The molecule has 0 heterocycles. The first-order valence-corrected chi connectivity index (χ1v) is 15.2. The molecule has 0 aromatic heterocycles. The minimum Gasteiger partial charge on any atom is -0.466 e. The van der Waals surface area contributed by atoms with Gasteiger partial charge in [0.15, 0.2) is 0 Å². The van der Waals surface area contributed by atoms with Gasteiger partial charge in [0, 0.05) is 6.42 Å². The van der Waals surface area contributed by atoms with Crippen molar-refractivity contribution in [1.29, 1.82) is 0 Å². The fourth-order valence-electron chi connectivity index (χ4n) is 4.20. The van der Waals surface area contributed by atoms with Crippen LogP contribution in [0.5, 0.6) is 0 Å². The first-order chi connectivity index (χ1) is 16.7. The number of rotatable bonds is 26. The average molecular weight is 477 g/mol. The quantitative estimate of drug-likeness (QED) is 0.0704. The molecule has 0 rings (SSSR count). The topological polar surface area (TPSA) is 26.3 Å². The Morgan fingerprint density at radius 2 is 1.18 bits per heavy atom. The standard InChI is InChI=1S/C32H60O2/c1-4-6-7-8-9-10-11-12-13-14-15-16-20-23-26-29-32(33)34-30-27-24-21-18-17-19-22-25-28-31(3)5-2/h9-10,12-13,31H,4-8,11,14-30H2,1-3H3/b10-9-,13-12-. The summed E-state index contributed by atoms with van der Waals surface area (Å²) >= 11 is 0. The number of esters is 1. The molecule has 2 heteroatoms. The van der Waals surface area contributed by atoms with Crippen molar-refractivity contribution in [2.24, 2.45) is 5.92 Å². The smallest absolute Gasteiger partial charge is 0.305 e. The van der Waals surface area contributed by atoms with Crippen LogP contribution >= 0.6 is 0 Å². The predicted molar refractivity (Wildman–Crippen MR) is 151 cm³/mol. The van der Waals surface area contributed by atoms with Crippen molar-refractivity contribution in [3.8, 4) is 0 Å². The summed E-state index contributed by atoms with van der Waals surface area (Å²) in [7, 11) is 0. The molecule has 0 spiro atoms. The Morgan fingerprint density at radius 3 is 1.79 bits per heavy atom. The number of allylic oxidation sites excluding steroid dienone is 4. The monoisotopic (exact) mass is 476 g/mol. The van der Waals surface area contributed by atoms with Gasteiger partial charge in [-0.25, -0.2) is 0 Å². The minimum absolute atomic E-state index is 0.00647. The first-order valence-electron chi connectivity index (χ1n) is 15.2. The van der Waals surface area contributed by atoms with Crippen LogP contribution in [0.4, 0.5) is 0 Å². The Bertz CT molecular complexity index is 466. The van der Waals surface area contributed by atoms with Gasteiger partial charge < -0.3 is 4.74 Å². The zero-order valence-corrected chi connectivity index (χ0v) is 23.5. The molecule has 200 valence electrons. The van der Waals surface area contributed by atoms with Gasteiger partial charge in [-0.1, -0.05) is 135 Å². The summed E-state index contributed by atoms with van der Waals surface area (Å²) in [6.07, 6.45) is 36.3. The summed E-state index contributed by atoms with van der Waals surface area (Å²) < 4.78 is 5.40. The molecule has 0 N–H and O–H groups in total. The summed E-state index contributed by atoms with van der Waals surface area (Å²) in [5, 5.41) is 0. The number of carbonyl (C=O) groups excluding carboxylic acids is 1. The van der Waals surface area contributed by atoms with Crippen molar-refractivity contribution in [3.05, 3.63) is 24.3 Å². The van der Waals surface area contributed by atoms with E-state index >= 15 is 0 Å². The van der Waals surface area contributed by atoms with Crippen LogP contribution in [0.3, 0.4) is 0 Å². The van der Waals surface area contributed by atoms with Crippen LogP contribution in [0.2, 0.25) is 0 Å². The number of hydrogen-bond acceptors (Lipinski definition) is 2. The summed E-state index contributed by atoms with van der Waals surface area (Å²) in [6, 6.07) is 0. The highest BCUT2D eigenvalue weighted by molar-refractivity contribution is 5.69. The van der Waals surface area contributed by atoms with E-state index in [9.17, 15) is 4.79 Å². The molecule has 0 aliphatic heterocycles. The van der Waals surface area contributed by atoms with E-state index in [2.05, 4.69) is 45.1 Å². The number of hydrogen-bond donors (Lipinski definition) is 0. The Kier molecular flexibility index (Phi) is 27.3. The highest BCUT2D eigenvalue weighted by Crippen LogP contribution is 2.15. The van der Waals surface area contributed by atoms with Gasteiger partial charge in [0.05, 0.1) is 6.61 Å². The van der Waals surface area contributed by atoms with Crippen LogP contribution in [-0.2, 0) is 9.53 Å². The number of unbranched alkanes of at least 4 members (excludes halogenated alkanes) is 15. The van der Waals surface area contributed by atoms with Crippen LogP contribution in [-0.4, -0.2) is 12.6 Å². The molecule has 0 saturated heterocycles. The largest absolute Gasteiger partial charge is 0.466 e. The highest BCUT2D eigenvalue weighted by atomic mass is 16.5. The van der Waals surface area contributed by atoms with Crippen LogP contribution in [0.15, 0.2) is 24.3 Å². The lowest BCUT2D eigenvalue weighted by Crippen LogP contribution is -2.05. The van der Waals surface area contributed by atoms with E-state index in [0.717, 1.165) is 31.6 Å². The normalized spacial score (nSPS) is 12.7. The lowest BCUT2D eigenvalue weighted by Gasteiger charge is -2.07. The molecule has 0 aromatic rings. The summed E-state index contributed by atoms with van der Waals surface area (Å²) in [5.74, 6) is 0.907. The Balaban J connectivity index is 3.26. The maximum atomic E-state index is 11.8. The van der Waals surface area contributed by atoms with Gasteiger partial charge in [-0.3, -0.25) is 4.79 Å². The average Bonchev–Trinajstić information content (AvgIpc) is 2.84. The molecule has 0 bridgehead atoms. The first kappa shape index (κ1) is 33.0. The SMILES string of the molecule is CCCCC/C=C\C/C=C\CCCCCCCC(=O)OCCCCCCCCCCC(C)CC. The Hall–Kier alpha value is -1.05. The molecule has 0 aliphatic rings. The van der Waals surface area contributed by atoms with Crippen LogP contribution in [0.1, 0.15) is 162 Å². The number of ether oxygens (including phenoxy) is 1. The maximum Gasteiger partial charge on any atom is 0.305 e. The second kappa shape index (κ2) is 28.2. The number of carbonyl (C=O) groups is 1. The summed E-state index contributed by atoms with van der Waals surface area (Å²) in [4.78, 5) is 11.8. The molecule has 1 unspecified atom stereocenters. The Morgan fingerprint density at radius 1 is 0.647 bits per heavy atom. The molecule has 0 saturated carbocycles. The lowest BCUT2D eigenvalue weighted by molar-refractivity contribution is -0.143. The maximum absolute atomic E-state index is 11.8. The molecule has 2 nitrogen and oxygen atoms in total. The van der Waals surface area contributed by atoms with Crippen LogP contribution < -0.4 is 0 Å². The fraction of sp³-hybridized carbons (Fsp3) is 0.844. The highest BCUT2D eigenvalue weighted by Gasteiger charge is 2.02. The van der Waals surface area contributed by atoms with Crippen LogP contribution in [0, 0.1) is 5.92 Å². The van der Waals surface area contributed by atoms with Gasteiger partial charge >= 0.3 is 5.97 Å². The van der Waals surface area contributed by atoms with Gasteiger partial charge in [-0.15, -0.1) is 0 Å². The van der Waals surface area contributed by atoms with E-state index in [1.54, 1.807) is 0 Å². The molecule has 0 amide bonds. The van der Waals surface area contributed by atoms with Crippen molar-refractivity contribution in [2.45, 2.75) is 162 Å². The summed E-state index contributed by atoms with van der Waals surface area (Å²) in [6.45, 7) is 7.53. The molecule has 0 aromatic carbocycles. The third-order valence-corrected chi connectivity index (χ3v) is 6.88. The van der Waals surface area contributed by atoms with E-state index in [-0.39, 0.29) is 5.97 Å². The van der Waals surface area contributed by atoms with Gasteiger partial charge in [0.25, 0.3) is 0 Å². The zero-order chi connectivity index (χ0) is 25.0. The van der Waals surface area contributed by atoms with E-state index in [1.807, 2.05) is 0 Å². The molecule has 0 radical (unpaired) electrons. The van der Waals surface area contributed by atoms with Crippen LogP contribution in [0.25, 0.3) is 0 Å². The summed E-state index contributed by atoms with van der Waals surface area (Å²) in [5.41, 5.74) is 0. The van der Waals surface area contributed by atoms with Crippen molar-refractivity contribution in [2.75, 3.05) is 6.61 Å². The fourth-order valence-corrected chi connectivity index (χ4v) is 4.20. The minimum atomic E-state index is 0.00647. The molecule has 0 fully saturated rings. The van der Waals surface area contributed by atoms with Gasteiger partial charge in [-0.2, -0.15) is 0 Å².